The number of ketones is 1. The average molecular weight is 356 g/mol. The van der Waals surface area contributed by atoms with Gasteiger partial charge in [0.25, 0.3) is 0 Å². The largest absolute Gasteiger partial charge is 0.544 e. The molecule has 0 amide bonds. The zero-order valence-corrected chi connectivity index (χ0v) is 16.3. The molecule has 2 aromatic carbocycles. The van der Waals surface area contributed by atoms with Gasteiger partial charge in [0.1, 0.15) is 22.8 Å². The number of para-hydroxylation sites is 1. The molecule has 0 aliphatic heterocycles. The molecule has 0 saturated heterocycles. The molecule has 0 atom stereocenters. The molecule has 0 radical (unpaired) electrons. The quantitative estimate of drug-likeness (QED) is 0.405. The van der Waals surface area contributed by atoms with Gasteiger partial charge in [-0.3, -0.25) is 4.79 Å². The van der Waals surface area contributed by atoms with Crippen molar-refractivity contribution in [3.8, 4) is 17.2 Å². The van der Waals surface area contributed by atoms with Gasteiger partial charge in [-0.1, -0.05) is 24.3 Å². The van der Waals surface area contributed by atoms with Crippen molar-refractivity contribution in [1.29, 1.82) is 0 Å². The third kappa shape index (κ3) is 4.97. The zero-order valence-electron chi connectivity index (χ0n) is 15.3. The highest BCUT2D eigenvalue weighted by molar-refractivity contribution is 6.70. The number of carbonyl (C=O) groups is 1. The minimum Gasteiger partial charge on any atom is -0.544 e. The number of allylic oxidation sites excluding steroid dienone is 1. The van der Waals surface area contributed by atoms with E-state index in [4.69, 9.17) is 13.9 Å². The van der Waals surface area contributed by atoms with Gasteiger partial charge in [0.05, 0.1) is 14.2 Å². The van der Waals surface area contributed by atoms with E-state index in [0.717, 1.165) is 5.56 Å². The molecule has 0 heterocycles. The SMILES string of the molecule is COc1ccccc1C=CC(=O)c1c(OC)cccc1O[Si](C)(C)C. The van der Waals surface area contributed by atoms with Crippen LogP contribution in [0.1, 0.15) is 15.9 Å². The summed E-state index contributed by atoms with van der Waals surface area (Å²) in [7, 11) is 1.29. The fraction of sp³-hybridized carbons (Fsp3) is 0.250. The fourth-order valence-corrected chi connectivity index (χ4v) is 3.22. The van der Waals surface area contributed by atoms with Crippen molar-refractivity contribution in [3.05, 3.63) is 59.7 Å². The first kappa shape index (κ1) is 18.8. The Labute approximate surface area is 150 Å². The number of hydrogen-bond acceptors (Lipinski definition) is 4. The lowest BCUT2D eigenvalue weighted by Crippen LogP contribution is -2.30. The molecule has 0 fully saturated rings. The van der Waals surface area contributed by atoms with Crippen LogP contribution in [0.15, 0.2) is 48.5 Å². The molecule has 0 aromatic heterocycles. The second kappa shape index (κ2) is 8.03. The summed E-state index contributed by atoms with van der Waals surface area (Å²) in [6, 6.07) is 12.9. The highest BCUT2D eigenvalue weighted by Crippen LogP contribution is 2.31. The van der Waals surface area contributed by atoms with Gasteiger partial charge in [0, 0.05) is 5.56 Å². The minimum absolute atomic E-state index is 0.170. The third-order valence-corrected chi connectivity index (χ3v) is 4.26. The summed E-state index contributed by atoms with van der Waals surface area (Å²) in [5.41, 5.74) is 1.28. The van der Waals surface area contributed by atoms with Gasteiger partial charge in [-0.05, 0) is 50.0 Å². The van der Waals surface area contributed by atoms with Crippen molar-refractivity contribution in [1.82, 2.24) is 0 Å². The molecule has 2 rings (SSSR count). The monoisotopic (exact) mass is 356 g/mol. The summed E-state index contributed by atoms with van der Waals surface area (Å²) in [5.74, 6) is 1.61. The van der Waals surface area contributed by atoms with Gasteiger partial charge in [-0.25, -0.2) is 0 Å². The molecule has 0 bridgehead atoms. The zero-order chi connectivity index (χ0) is 18.4. The lowest BCUT2D eigenvalue weighted by molar-refractivity contribution is 0.104. The van der Waals surface area contributed by atoms with E-state index in [2.05, 4.69) is 19.6 Å². The maximum atomic E-state index is 12.8. The van der Waals surface area contributed by atoms with E-state index < -0.39 is 8.32 Å². The number of hydrogen-bond donors (Lipinski definition) is 0. The van der Waals surface area contributed by atoms with Crippen LogP contribution < -0.4 is 13.9 Å². The second-order valence-corrected chi connectivity index (χ2v) is 10.9. The Morgan fingerprint density at radius 2 is 1.48 bits per heavy atom. The predicted octanol–water partition coefficient (Wildman–Crippen LogP) is 4.81. The van der Waals surface area contributed by atoms with E-state index in [1.165, 1.54) is 6.08 Å². The van der Waals surface area contributed by atoms with Crippen LogP contribution >= 0.6 is 0 Å². The van der Waals surface area contributed by atoms with Gasteiger partial charge in [-0.15, -0.1) is 0 Å². The lowest BCUT2D eigenvalue weighted by atomic mass is 10.1. The molecule has 0 unspecified atom stereocenters. The van der Waals surface area contributed by atoms with E-state index >= 15 is 0 Å². The Kier molecular flexibility index (Phi) is 6.04. The molecular weight excluding hydrogens is 332 g/mol. The Balaban J connectivity index is 2.39. The maximum absolute atomic E-state index is 12.8. The summed E-state index contributed by atoms with van der Waals surface area (Å²) in [6.07, 6.45) is 3.26. The highest BCUT2D eigenvalue weighted by Gasteiger charge is 2.22. The number of ether oxygens (including phenoxy) is 2. The highest BCUT2D eigenvalue weighted by atomic mass is 28.4. The summed E-state index contributed by atoms with van der Waals surface area (Å²) >= 11 is 0. The minimum atomic E-state index is -1.86. The van der Waals surface area contributed by atoms with E-state index in [1.54, 1.807) is 26.4 Å². The van der Waals surface area contributed by atoms with Gasteiger partial charge in [-0.2, -0.15) is 0 Å². The van der Waals surface area contributed by atoms with Crippen LogP contribution in [0.2, 0.25) is 19.6 Å². The van der Waals surface area contributed by atoms with Crippen LogP contribution in [0.5, 0.6) is 17.2 Å². The Hall–Kier alpha value is -2.53. The average Bonchev–Trinajstić information content (AvgIpc) is 2.58. The molecule has 4 nitrogen and oxygen atoms in total. The lowest BCUT2D eigenvalue weighted by Gasteiger charge is -2.22. The van der Waals surface area contributed by atoms with Gasteiger partial charge >= 0.3 is 0 Å². The van der Waals surface area contributed by atoms with Crippen LogP contribution in [0, 0.1) is 0 Å². The summed E-state index contributed by atoms with van der Waals surface area (Å²) in [6.45, 7) is 6.22. The van der Waals surface area contributed by atoms with E-state index in [9.17, 15) is 4.79 Å². The summed E-state index contributed by atoms with van der Waals surface area (Å²) in [5, 5.41) is 0. The van der Waals surface area contributed by atoms with Crippen molar-refractivity contribution in [2.45, 2.75) is 19.6 Å². The Morgan fingerprint density at radius 1 is 0.880 bits per heavy atom. The van der Waals surface area contributed by atoms with Crippen LogP contribution in [0.3, 0.4) is 0 Å². The van der Waals surface area contributed by atoms with E-state index in [1.807, 2.05) is 36.4 Å². The molecule has 0 N–H and O–H groups in total. The van der Waals surface area contributed by atoms with E-state index in [0.29, 0.717) is 22.8 Å². The molecule has 2 aromatic rings. The molecule has 0 aliphatic carbocycles. The summed E-state index contributed by atoms with van der Waals surface area (Å²) in [4.78, 5) is 12.8. The van der Waals surface area contributed by atoms with Gasteiger partial charge < -0.3 is 13.9 Å². The number of carbonyl (C=O) groups excluding carboxylic acids is 1. The maximum Gasteiger partial charge on any atom is 0.242 e. The third-order valence-electron chi connectivity index (χ3n) is 3.42. The van der Waals surface area contributed by atoms with Crippen molar-refractivity contribution < 1.29 is 18.7 Å². The topological polar surface area (TPSA) is 44.8 Å². The number of benzene rings is 2. The second-order valence-electron chi connectivity index (χ2n) is 6.49. The van der Waals surface area contributed by atoms with Crippen LogP contribution in [0.25, 0.3) is 6.08 Å². The van der Waals surface area contributed by atoms with Gasteiger partial charge in [0.15, 0.2) is 5.78 Å². The van der Waals surface area contributed by atoms with E-state index in [-0.39, 0.29) is 5.78 Å². The summed E-state index contributed by atoms with van der Waals surface area (Å²) < 4.78 is 16.8. The first-order chi connectivity index (χ1) is 11.9. The normalized spacial score (nSPS) is 11.4. The molecular formula is C20H24O4Si. The number of rotatable bonds is 7. The fourth-order valence-electron chi connectivity index (χ4n) is 2.39. The van der Waals surface area contributed by atoms with Crippen LogP contribution in [-0.4, -0.2) is 28.3 Å². The first-order valence-electron chi connectivity index (χ1n) is 8.07. The van der Waals surface area contributed by atoms with Crippen molar-refractivity contribution in [3.63, 3.8) is 0 Å². The van der Waals surface area contributed by atoms with Crippen molar-refractivity contribution in [2.75, 3.05) is 14.2 Å². The van der Waals surface area contributed by atoms with Gasteiger partial charge in [0.2, 0.25) is 8.32 Å². The van der Waals surface area contributed by atoms with Crippen LogP contribution in [-0.2, 0) is 0 Å². The molecule has 0 spiro atoms. The van der Waals surface area contributed by atoms with Crippen molar-refractivity contribution >= 4 is 20.2 Å². The standard InChI is InChI=1S/C20H24O4Si/c1-22-17-10-7-6-9-15(17)13-14-16(21)20-18(23-2)11-8-12-19(20)24-25(3,4)5/h6-14H,1-5H3. The predicted molar refractivity (Wildman–Crippen MR) is 103 cm³/mol. The molecule has 132 valence electrons. The number of methoxy groups -OCH3 is 2. The first-order valence-corrected chi connectivity index (χ1v) is 11.5. The van der Waals surface area contributed by atoms with Crippen molar-refractivity contribution in [2.24, 2.45) is 0 Å². The molecule has 25 heavy (non-hydrogen) atoms. The molecule has 0 aliphatic rings. The molecule has 0 saturated carbocycles. The smallest absolute Gasteiger partial charge is 0.242 e. The Bertz CT molecular complexity index is 776. The Morgan fingerprint density at radius 3 is 2.12 bits per heavy atom. The molecule has 5 heteroatoms. The van der Waals surface area contributed by atoms with Crippen LogP contribution in [0.4, 0.5) is 0 Å².